The van der Waals surface area contributed by atoms with Crippen LogP contribution in [-0.4, -0.2) is 36.8 Å². The summed E-state index contributed by atoms with van der Waals surface area (Å²) in [6.07, 6.45) is 4.78. The van der Waals surface area contributed by atoms with Crippen LogP contribution in [0.2, 0.25) is 0 Å². The van der Waals surface area contributed by atoms with Crippen LogP contribution in [0.4, 0.5) is 0 Å². The molecule has 6 heteroatoms. The van der Waals surface area contributed by atoms with Crippen molar-refractivity contribution in [2.75, 3.05) is 13.1 Å². The Morgan fingerprint density at radius 3 is 2.79 bits per heavy atom. The molecule has 1 fully saturated rings. The Labute approximate surface area is 113 Å². The summed E-state index contributed by atoms with van der Waals surface area (Å²) >= 11 is 0. The molecule has 1 aliphatic carbocycles. The molecule has 0 unspecified atom stereocenters. The topological polar surface area (TPSA) is 76.3 Å². The van der Waals surface area contributed by atoms with Gasteiger partial charge in [-0.2, -0.15) is 4.31 Å². The minimum Gasteiger partial charge on any atom is -0.320 e. The lowest BCUT2D eigenvalue weighted by atomic mass is 10.3. The van der Waals surface area contributed by atoms with E-state index in [-0.39, 0.29) is 17.5 Å². The van der Waals surface area contributed by atoms with E-state index in [2.05, 4.69) is 16.8 Å². The van der Waals surface area contributed by atoms with Gasteiger partial charge in [-0.15, -0.1) is 0 Å². The number of nitrogens with zero attached hydrogens (tertiary/aromatic N) is 2. The van der Waals surface area contributed by atoms with Crippen molar-refractivity contribution in [3.05, 3.63) is 24.0 Å². The monoisotopic (exact) mass is 279 g/mol. The SMILES string of the molecule is CCN(C1CC1)S(=O)(=O)c1cncc(C#CCN)c1. The van der Waals surface area contributed by atoms with E-state index in [1.165, 1.54) is 16.7 Å². The largest absolute Gasteiger partial charge is 0.320 e. The van der Waals surface area contributed by atoms with Crippen LogP contribution in [0.25, 0.3) is 0 Å². The highest BCUT2D eigenvalue weighted by molar-refractivity contribution is 7.89. The van der Waals surface area contributed by atoms with Crippen LogP contribution in [0.3, 0.4) is 0 Å². The van der Waals surface area contributed by atoms with Gasteiger partial charge in [0.1, 0.15) is 4.90 Å². The average Bonchev–Trinajstić information content (AvgIpc) is 3.22. The number of aromatic nitrogens is 1. The lowest BCUT2D eigenvalue weighted by molar-refractivity contribution is 0.420. The summed E-state index contributed by atoms with van der Waals surface area (Å²) in [6, 6.07) is 1.70. The Balaban J connectivity index is 2.34. The maximum atomic E-state index is 12.5. The molecule has 1 aromatic rings. The number of hydrogen-bond acceptors (Lipinski definition) is 4. The van der Waals surface area contributed by atoms with E-state index in [1.54, 1.807) is 6.07 Å². The molecule has 2 N–H and O–H groups in total. The van der Waals surface area contributed by atoms with Crippen LogP contribution in [-0.2, 0) is 10.0 Å². The van der Waals surface area contributed by atoms with Gasteiger partial charge in [0.2, 0.25) is 10.0 Å². The van der Waals surface area contributed by atoms with Crippen LogP contribution in [0.1, 0.15) is 25.3 Å². The summed E-state index contributed by atoms with van der Waals surface area (Å²) in [5, 5.41) is 0. The molecule has 0 aliphatic heterocycles. The van der Waals surface area contributed by atoms with Crippen molar-refractivity contribution in [3.63, 3.8) is 0 Å². The summed E-state index contributed by atoms with van der Waals surface area (Å²) in [4.78, 5) is 4.15. The summed E-state index contributed by atoms with van der Waals surface area (Å²) in [6.45, 7) is 2.56. The first-order valence-electron chi connectivity index (χ1n) is 6.25. The first-order valence-corrected chi connectivity index (χ1v) is 7.69. The van der Waals surface area contributed by atoms with E-state index in [9.17, 15) is 8.42 Å². The van der Waals surface area contributed by atoms with Gasteiger partial charge in [0.05, 0.1) is 6.54 Å². The van der Waals surface area contributed by atoms with Crippen LogP contribution in [0, 0.1) is 11.8 Å². The molecular formula is C13H17N3O2S. The molecule has 102 valence electrons. The molecule has 1 saturated carbocycles. The fraction of sp³-hybridized carbons (Fsp3) is 0.462. The van der Waals surface area contributed by atoms with Gasteiger partial charge in [-0.1, -0.05) is 18.8 Å². The first-order chi connectivity index (χ1) is 9.09. The fourth-order valence-electron chi connectivity index (χ4n) is 1.90. The van der Waals surface area contributed by atoms with Crippen molar-refractivity contribution in [1.29, 1.82) is 0 Å². The highest BCUT2D eigenvalue weighted by Gasteiger charge is 2.37. The first kappa shape index (κ1) is 14.0. The Hall–Kier alpha value is -1.42. The number of nitrogens with two attached hydrogens (primary N) is 1. The minimum atomic E-state index is -3.46. The molecular weight excluding hydrogens is 262 g/mol. The molecule has 5 nitrogen and oxygen atoms in total. The average molecular weight is 279 g/mol. The number of sulfonamides is 1. The predicted octanol–water partition coefficient (Wildman–Crippen LogP) is 0.565. The maximum Gasteiger partial charge on any atom is 0.244 e. The standard InChI is InChI=1S/C13H17N3O2S/c1-2-16(12-5-6-12)19(17,18)13-8-11(4-3-7-14)9-15-10-13/h8-10,12H,2,5-7,14H2,1H3. The summed E-state index contributed by atoms with van der Waals surface area (Å²) in [5.74, 6) is 5.49. The zero-order valence-electron chi connectivity index (χ0n) is 10.8. The molecule has 0 amide bonds. The van der Waals surface area contributed by atoms with Crippen LogP contribution >= 0.6 is 0 Å². The number of rotatable bonds is 4. The van der Waals surface area contributed by atoms with Crippen molar-refractivity contribution < 1.29 is 8.42 Å². The van der Waals surface area contributed by atoms with E-state index >= 15 is 0 Å². The van der Waals surface area contributed by atoms with Crippen molar-refractivity contribution in [1.82, 2.24) is 9.29 Å². The van der Waals surface area contributed by atoms with E-state index in [4.69, 9.17) is 5.73 Å². The Kier molecular flexibility index (Phi) is 4.20. The molecule has 0 bridgehead atoms. The predicted molar refractivity (Wildman–Crippen MR) is 72.8 cm³/mol. The van der Waals surface area contributed by atoms with Gasteiger partial charge in [0, 0.05) is 30.5 Å². The second-order valence-corrected chi connectivity index (χ2v) is 6.25. The van der Waals surface area contributed by atoms with E-state index < -0.39 is 10.0 Å². The van der Waals surface area contributed by atoms with Gasteiger partial charge in [-0.3, -0.25) is 4.98 Å². The van der Waals surface area contributed by atoms with E-state index in [1.807, 2.05) is 6.92 Å². The number of pyridine rings is 1. The van der Waals surface area contributed by atoms with Crippen molar-refractivity contribution in [2.45, 2.75) is 30.7 Å². The molecule has 19 heavy (non-hydrogen) atoms. The third-order valence-electron chi connectivity index (χ3n) is 2.92. The molecule has 1 aromatic heterocycles. The van der Waals surface area contributed by atoms with Crippen molar-refractivity contribution in [3.8, 4) is 11.8 Å². The van der Waals surface area contributed by atoms with Crippen LogP contribution < -0.4 is 5.73 Å². The lowest BCUT2D eigenvalue weighted by Gasteiger charge is -2.19. The van der Waals surface area contributed by atoms with Gasteiger partial charge in [0.25, 0.3) is 0 Å². The second kappa shape index (κ2) is 5.70. The molecule has 0 radical (unpaired) electrons. The molecule has 1 heterocycles. The second-order valence-electron chi connectivity index (χ2n) is 4.35. The molecule has 1 aliphatic rings. The Morgan fingerprint density at radius 1 is 1.47 bits per heavy atom. The lowest BCUT2D eigenvalue weighted by Crippen LogP contribution is -2.33. The van der Waals surface area contributed by atoms with Gasteiger partial charge in [-0.05, 0) is 18.9 Å². The van der Waals surface area contributed by atoms with Crippen LogP contribution in [0.15, 0.2) is 23.4 Å². The normalized spacial score (nSPS) is 15.1. The smallest absolute Gasteiger partial charge is 0.244 e. The zero-order valence-corrected chi connectivity index (χ0v) is 11.7. The maximum absolute atomic E-state index is 12.5. The van der Waals surface area contributed by atoms with Gasteiger partial charge >= 0.3 is 0 Å². The van der Waals surface area contributed by atoms with E-state index in [0.717, 1.165) is 12.8 Å². The minimum absolute atomic E-state index is 0.147. The third kappa shape index (κ3) is 3.13. The third-order valence-corrected chi connectivity index (χ3v) is 4.91. The fourth-order valence-corrected chi connectivity index (χ4v) is 3.59. The summed E-state index contributed by atoms with van der Waals surface area (Å²) in [7, 11) is -3.46. The molecule has 0 atom stereocenters. The molecule has 2 rings (SSSR count). The highest BCUT2D eigenvalue weighted by atomic mass is 32.2. The summed E-state index contributed by atoms with van der Waals surface area (Å²) in [5.41, 5.74) is 5.87. The molecule has 0 spiro atoms. The van der Waals surface area contributed by atoms with E-state index in [0.29, 0.717) is 12.1 Å². The molecule has 0 saturated heterocycles. The van der Waals surface area contributed by atoms with Gasteiger partial charge in [0.15, 0.2) is 0 Å². The summed E-state index contributed by atoms with van der Waals surface area (Å²) < 4.78 is 26.5. The highest BCUT2D eigenvalue weighted by Crippen LogP contribution is 2.31. The van der Waals surface area contributed by atoms with Gasteiger partial charge in [-0.25, -0.2) is 8.42 Å². The Morgan fingerprint density at radius 2 is 2.21 bits per heavy atom. The van der Waals surface area contributed by atoms with Crippen molar-refractivity contribution in [2.24, 2.45) is 5.73 Å². The van der Waals surface area contributed by atoms with Gasteiger partial charge < -0.3 is 5.73 Å². The zero-order chi connectivity index (χ0) is 13.9. The molecule has 0 aromatic carbocycles. The van der Waals surface area contributed by atoms with Crippen LogP contribution in [0.5, 0.6) is 0 Å². The Bertz CT molecular complexity index is 612. The quantitative estimate of drug-likeness (QED) is 0.817. The number of hydrogen-bond donors (Lipinski definition) is 1. The van der Waals surface area contributed by atoms with Crippen molar-refractivity contribution >= 4 is 10.0 Å².